The summed E-state index contributed by atoms with van der Waals surface area (Å²) in [5.74, 6) is -0.627. The van der Waals surface area contributed by atoms with Crippen LogP contribution in [-0.2, 0) is 9.16 Å². The summed E-state index contributed by atoms with van der Waals surface area (Å²) in [6.07, 6.45) is 3.18. The first-order chi connectivity index (χ1) is 16.4. The van der Waals surface area contributed by atoms with Gasteiger partial charge in [0.15, 0.2) is 14.1 Å². The SMILES string of the molecule is COC(=O)c1ccc(F)cc1Oc1cc2cc[nH]c2nc1OC(C)CCCO[Si](C)(C)C(C)(C)C. The van der Waals surface area contributed by atoms with Gasteiger partial charge in [0.25, 0.3) is 5.88 Å². The molecule has 0 bridgehead atoms. The molecular formula is C26H35FN2O5Si. The normalized spacial score (nSPS) is 13.0. The van der Waals surface area contributed by atoms with Gasteiger partial charge in [0, 0.05) is 24.3 Å². The summed E-state index contributed by atoms with van der Waals surface area (Å²) in [4.78, 5) is 19.8. The zero-order valence-corrected chi connectivity index (χ0v) is 22.5. The van der Waals surface area contributed by atoms with Crippen molar-refractivity contribution in [2.45, 2.75) is 64.8 Å². The molecule has 1 N–H and O–H groups in total. The third-order valence-electron chi connectivity index (χ3n) is 6.37. The molecule has 0 fully saturated rings. The molecular weight excluding hydrogens is 467 g/mol. The molecule has 0 aliphatic rings. The second-order valence-electron chi connectivity index (χ2n) is 10.1. The molecule has 35 heavy (non-hydrogen) atoms. The van der Waals surface area contributed by atoms with Gasteiger partial charge in [0.2, 0.25) is 0 Å². The van der Waals surface area contributed by atoms with Crippen LogP contribution in [0, 0.1) is 5.82 Å². The number of rotatable bonds is 10. The van der Waals surface area contributed by atoms with Gasteiger partial charge in [-0.2, -0.15) is 4.98 Å². The van der Waals surface area contributed by atoms with Crippen LogP contribution in [0.3, 0.4) is 0 Å². The van der Waals surface area contributed by atoms with Crippen LogP contribution < -0.4 is 9.47 Å². The van der Waals surface area contributed by atoms with Gasteiger partial charge in [-0.15, -0.1) is 0 Å². The number of aromatic amines is 1. The van der Waals surface area contributed by atoms with E-state index in [0.717, 1.165) is 24.3 Å². The number of aromatic nitrogens is 2. The number of H-pyrrole nitrogens is 1. The van der Waals surface area contributed by atoms with Crippen LogP contribution >= 0.6 is 0 Å². The van der Waals surface area contributed by atoms with Crippen molar-refractivity contribution in [3.8, 4) is 17.4 Å². The van der Waals surface area contributed by atoms with Crippen molar-refractivity contribution in [2.24, 2.45) is 0 Å². The summed E-state index contributed by atoms with van der Waals surface area (Å²) >= 11 is 0. The predicted molar refractivity (Wildman–Crippen MR) is 136 cm³/mol. The average Bonchev–Trinajstić information content (AvgIpc) is 3.23. The number of hydrogen-bond acceptors (Lipinski definition) is 6. The average molecular weight is 503 g/mol. The topological polar surface area (TPSA) is 82.7 Å². The quantitative estimate of drug-likeness (QED) is 0.185. The molecule has 1 atom stereocenters. The minimum atomic E-state index is -1.79. The van der Waals surface area contributed by atoms with Crippen LogP contribution in [0.1, 0.15) is 50.9 Å². The molecule has 0 amide bonds. The summed E-state index contributed by atoms with van der Waals surface area (Å²) < 4.78 is 37.1. The first-order valence-corrected chi connectivity index (χ1v) is 14.7. The second-order valence-corrected chi connectivity index (χ2v) is 14.9. The van der Waals surface area contributed by atoms with E-state index in [1.165, 1.54) is 19.2 Å². The number of carbonyl (C=O) groups is 1. The number of pyridine rings is 1. The van der Waals surface area contributed by atoms with Crippen LogP contribution in [0.4, 0.5) is 4.39 Å². The number of hydrogen-bond donors (Lipinski definition) is 1. The standard InChI is InChI=1S/C26H35FN2O5Si/c1-17(9-8-14-32-35(6,7)26(2,3)4)33-24-22(15-18-12-13-28-23(18)29-24)34-21-16-19(27)10-11-20(21)25(30)31-5/h10-13,15-17H,8-9,14H2,1-7H3,(H,28,29). The highest BCUT2D eigenvalue weighted by Gasteiger charge is 2.36. The van der Waals surface area contributed by atoms with E-state index >= 15 is 0 Å². The Balaban J connectivity index is 1.76. The molecule has 0 radical (unpaired) electrons. The molecule has 1 unspecified atom stereocenters. The van der Waals surface area contributed by atoms with E-state index in [9.17, 15) is 9.18 Å². The highest BCUT2D eigenvalue weighted by Crippen LogP contribution is 2.37. The third-order valence-corrected chi connectivity index (χ3v) is 10.9. The lowest BCUT2D eigenvalue weighted by Gasteiger charge is -2.36. The first kappa shape index (κ1) is 26.7. The molecule has 0 saturated heterocycles. The number of carbonyl (C=O) groups excluding carboxylic acids is 1. The van der Waals surface area contributed by atoms with Crippen molar-refractivity contribution in [1.29, 1.82) is 0 Å². The van der Waals surface area contributed by atoms with E-state index in [1.807, 2.05) is 13.0 Å². The Hall–Kier alpha value is -2.91. The maximum absolute atomic E-state index is 14.0. The highest BCUT2D eigenvalue weighted by atomic mass is 28.4. The maximum Gasteiger partial charge on any atom is 0.341 e. The van der Waals surface area contributed by atoms with Gasteiger partial charge >= 0.3 is 5.97 Å². The van der Waals surface area contributed by atoms with Crippen LogP contribution in [0.2, 0.25) is 18.1 Å². The Morgan fingerprint density at radius 1 is 1.17 bits per heavy atom. The van der Waals surface area contributed by atoms with Crippen molar-refractivity contribution in [2.75, 3.05) is 13.7 Å². The van der Waals surface area contributed by atoms with E-state index in [0.29, 0.717) is 12.3 Å². The van der Waals surface area contributed by atoms with E-state index in [2.05, 4.69) is 43.8 Å². The lowest BCUT2D eigenvalue weighted by atomic mass is 10.2. The monoisotopic (exact) mass is 502 g/mol. The Bertz CT molecular complexity index is 1170. The maximum atomic E-state index is 14.0. The number of methoxy groups -OCH3 is 1. The number of nitrogens with zero attached hydrogens (tertiary/aromatic N) is 1. The van der Waals surface area contributed by atoms with E-state index in [1.54, 1.807) is 12.3 Å². The molecule has 0 spiro atoms. The molecule has 0 saturated carbocycles. The Labute approximate surface area is 207 Å². The van der Waals surface area contributed by atoms with Crippen molar-refractivity contribution in [1.82, 2.24) is 9.97 Å². The molecule has 0 aliphatic carbocycles. The van der Waals surface area contributed by atoms with Gasteiger partial charge in [-0.25, -0.2) is 9.18 Å². The number of esters is 1. The lowest BCUT2D eigenvalue weighted by Crippen LogP contribution is -2.41. The van der Waals surface area contributed by atoms with E-state index in [-0.39, 0.29) is 34.1 Å². The summed E-state index contributed by atoms with van der Waals surface area (Å²) in [5, 5.41) is 0.954. The molecule has 190 valence electrons. The number of benzene rings is 1. The molecule has 3 rings (SSSR count). The zero-order chi connectivity index (χ0) is 25.8. The molecule has 1 aromatic carbocycles. The Kier molecular flexibility index (Phi) is 8.22. The number of halogens is 1. The number of fused-ring (bicyclic) bond motifs is 1. The minimum absolute atomic E-state index is 0.0220. The summed E-state index contributed by atoms with van der Waals surface area (Å²) in [6.45, 7) is 13.8. The third kappa shape index (κ3) is 6.61. The van der Waals surface area contributed by atoms with Crippen LogP contribution in [0.15, 0.2) is 36.5 Å². The molecule has 7 nitrogen and oxygen atoms in total. The van der Waals surface area contributed by atoms with Gasteiger partial charge in [-0.1, -0.05) is 20.8 Å². The minimum Gasteiger partial charge on any atom is -0.472 e. The van der Waals surface area contributed by atoms with Crippen molar-refractivity contribution < 1.29 is 27.8 Å². The number of ether oxygens (including phenoxy) is 3. The van der Waals surface area contributed by atoms with Gasteiger partial charge < -0.3 is 23.6 Å². The van der Waals surface area contributed by atoms with Crippen LogP contribution in [0.5, 0.6) is 17.4 Å². The zero-order valence-electron chi connectivity index (χ0n) is 21.5. The fourth-order valence-corrected chi connectivity index (χ4v) is 4.33. The smallest absolute Gasteiger partial charge is 0.341 e. The number of nitrogens with one attached hydrogen (secondary N) is 1. The lowest BCUT2D eigenvalue weighted by molar-refractivity contribution is 0.0597. The van der Waals surface area contributed by atoms with Crippen LogP contribution in [0.25, 0.3) is 11.0 Å². The van der Waals surface area contributed by atoms with Gasteiger partial charge in [0.05, 0.1) is 13.2 Å². The summed E-state index contributed by atoms with van der Waals surface area (Å²) in [7, 11) is -0.537. The summed E-state index contributed by atoms with van der Waals surface area (Å²) in [5.41, 5.74) is 0.734. The van der Waals surface area contributed by atoms with E-state index in [4.69, 9.17) is 18.6 Å². The van der Waals surface area contributed by atoms with Crippen molar-refractivity contribution in [3.05, 3.63) is 47.9 Å². The molecule has 2 aromatic heterocycles. The fourth-order valence-electron chi connectivity index (χ4n) is 3.24. The Morgan fingerprint density at radius 3 is 2.60 bits per heavy atom. The summed E-state index contributed by atoms with van der Waals surface area (Å²) in [6, 6.07) is 7.22. The molecule has 0 aliphatic heterocycles. The first-order valence-electron chi connectivity index (χ1n) is 11.8. The van der Waals surface area contributed by atoms with Crippen molar-refractivity contribution >= 4 is 25.3 Å². The highest BCUT2D eigenvalue weighted by molar-refractivity contribution is 6.74. The van der Waals surface area contributed by atoms with Gasteiger partial charge in [0.1, 0.15) is 22.8 Å². The van der Waals surface area contributed by atoms with Gasteiger partial charge in [-0.3, -0.25) is 0 Å². The molecule has 9 heteroatoms. The predicted octanol–water partition coefficient (Wildman–Crippen LogP) is 6.85. The van der Waals surface area contributed by atoms with Crippen molar-refractivity contribution in [3.63, 3.8) is 0 Å². The molecule has 3 aromatic rings. The largest absolute Gasteiger partial charge is 0.472 e. The second kappa shape index (κ2) is 10.8. The van der Waals surface area contributed by atoms with E-state index < -0.39 is 20.1 Å². The molecule has 2 heterocycles. The Morgan fingerprint density at radius 2 is 1.91 bits per heavy atom. The van der Waals surface area contributed by atoms with Crippen LogP contribution in [-0.4, -0.2) is 44.1 Å². The fraction of sp³-hybridized carbons (Fsp3) is 0.462. The van der Waals surface area contributed by atoms with Gasteiger partial charge in [-0.05, 0) is 62.2 Å².